The molecule has 0 radical (unpaired) electrons. The van der Waals surface area contributed by atoms with Gasteiger partial charge >= 0.3 is 5.97 Å². The van der Waals surface area contributed by atoms with Crippen LogP contribution in [0.3, 0.4) is 0 Å². The van der Waals surface area contributed by atoms with Gasteiger partial charge in [0.1, 0.15) is 10.0 Å². The molecule has 1 N–H and O–H groups in total. The molecule has 6 heteroatoms. The van der Waals surface area contributed by atoms with Gasteiger partial charge in [0.15, 0.2) is 11.5 Å². The molecule has 16 heavy (non-hydrogen) atoms. The van der Waals surface area contributed by atoms with E-state index in [0.29, 0.717) is 15.8 Å². The van der Waals surface area contributed by atoms with Crippen molar-refractivity contribution in [3.05, 3.63) is 20.6 Å². The lowest BCUT2D eigenvalue weighted by Crippen LogP contribution is -2.06. The first-order valence-electron chi connectivity index (χ1n) is 4.28. The summed E-state index contributed by atoms with van der Waals surface area (Å²) in [5.41, 5.74) is 0.436. The zero-order valence-electron chi connectivity index (χ0n) is 8.93. The number of carbonyl (C=O) groups is 1. The fourth-order valence-corrected chi connectivity index (χ4v) is 2.49. The van der Waals surface area contributed by atoms with E-state index in [0.717, 1.165) is 0 Å². The molecule has 0 aliphatic rings. The van der Waals surface area contributed by atoms with Crippen molar-refractivity contribution in [2.24, 2.45) is 0 Å². The lowest BCUT2D eigenvalue weighted by molar-refractivity contribution is 0.0692. The second-order valence-corrected chi connectivity index (χ2v) is 4.17. The number of hydrogen-bond donors (Lipinski definition) is 1. The average Bonchev–Trinajstić information content (AvgIpc) is 2.23. The van der Waals surface area contributed by atoms with Crippen LogP contribution >= 0.6 is 27.5 Å². The Bertz CT molecular complexity index is 445. The molecule has 88 valence electrons. The van der Waals surface area contributed by atoms with Gasteiger partial charge in [0.2, 0.25) is 0 Å². The van der Waals surface area contributed by atoms with E-state index in [2.05, 4.69) is 15.9 Å². The first kappa shape index (κ1) is 13.1. The van der Waals surface area contributed by atoms with Crippen molar-refractivity contribution in [1.82, 2.24) is 0 Å². The third kappa shape index (κ3) is 1.97. The number of halogens is 2. The summed E-state index contributed by atoms with van der Waals surface area (Å²) in [4.78, 5) is 11.1. The highest BCUT2D eigenvalue weighted by atomic mass is 79.9. The molecule has 0 saturated heterocycles. The van der Waals surface area contributed by atoms with Crippen molar-refractivity contribution in [2.45, 2.75) is 6.92 Å². The number of hydrogen-bond acceptors (Lipinski definition) is 3. The van der Waals surface area contributed by atoms with Crippen LogP contribution in [-0.4, -0.2) is 25.3 Å². The molecule has 0 amide bonds. The number of rotatable bonds is 3. The molecule has 0 bridgehead atoms. The fourth-order valence-electron chi connectivity index (χ4n) is 1.39. The van der Waals surface area contributed by atoms with E-state index < -0.39 is 5.97 Å². The molecular formula is C10H10BrClO4. The van der Waals surface area contributed by atoms with E-state index in [4.69, 9.17) is 26.2 Å². The first-order valence-corrected chi connectivity index (χ1v) is 5.45. The smallest absolute Gasteiger partial charge is 0.339 e. The van der Waals surface area contributed by atoms with Gasteiger partial charge in [-0.15, -0.1) is 0 Å². The number of methoxy groups -OCH3 is 2. The molecule has 0 aliphatic carbocycles. The van der Waals surface area contributed by atoms with E-state index >= 15 is 0 Å². The summed E-state index contributed by atoms with van der Waals surface area (Å²) in [5.74, 6) is -0.535. The van der Waals surface area contributed by atoms with Crippen LogP contribution in [0, 0.1) is 6.92 Å². The second-order valence-electron chi connectivity index (χ2n) is 3.00. The van der Waals surface area contributed by atoms with Crippen LogP contribution in [0.4, 0.5) is 0 Å². The minimum absolute atomic E-state index is 0.0279. The summed E-state index contributed by atoms with van der Waals surface area (Å²) in [6.07, 6.45) is 0. The minimum Gasteiger partial charge on any atom is -0.495 e. The Morgan fingerprint density at radius 3 is 2.19 bits per heavy atom. The molecule has 0 unspecified atom stereocenters. The van der Waals surface area contributed by atoms with Crippen molar-refractivity contribution in [3.8, 4) is 11.5 Å². The monoisotopic (exact) mass is 308 g/mol. The number of benzene rings is 1. The molecule has 1 aromatic carbocycles. The third-order valence-corrected chi connectivity index (χ3v) is 3.33. The van der Waals surface area contributed by atoms with E-state index in [1.54, 1.807) is 6.92 Å². The van der Waals surface area contributed by atoms with Crippen LogP contribution < -0.4 is 9.47 Å². The molecule has 0 aromatic heterocycles. The largest absolute Gasteiger partial charge is 0.495 e. The standard InChI is InChI=1S/C10H10BrClO4/c1-4-5(10(13)14)8(15-2)6(11)9(16-3)7(4)12/h1-3H3,(H,13,14). The normalized spacial score (nSPS) is 10.1. The number of carboxylic acid groups (broad SMARTS) is 1. The van der Waals surface area contributed by atoms with E-state index in [1.807, 2.05) is 0 Å². The van der Waals surface area contributed by atoms with Crippen molar-refractivity contribution in [2.75, 3.05) is 14.2 Å². The van der Waals surface area contributed by atoms with Crippen molar-refractivity contribution >= 4 is 33.5 Å². The Labute approximate surface area is 106 Å². The number of ether oxygens (including phenoxy) is 2. The Morgan fingerprint density at radius 1 is 1.31 bits per heavy atom. The van der Waals surface area contributed by atoms with Gasteiger partial charge in [-0.2, -0.15) is 0 Å². The quantitative estimate of drug-likeness (QED) is 0.932. The fraction of sp³-hybridized carbons (Fsp3) is 0.300. The summed E-state index contributed by atoms with van der Waals surface area (Å²) >= 11 is 9.21. The van der Waals surface area contributed by atoms with Gasteiger partial charge in [0, 0.05) is 0 Å². The van der Waals surface area contributed by atoms with Gasteiger partial charge in [0.25, 0.3) is 0 Å². The predicted octanol–water partition coefficient (Wildman–Crippen LogP) is 3.13. The molecule has 1 rings (SSSR count). The van der Waals surface area contributed by atoms with E-state index in [-0.39, 0.29) is 16.3 Å². The highest BCUT2D eigenvalue weighted by Crippen LogP contribution is 2.45. The average molecular weight is 310 g/mol. The Hall–Kier alpha value is -0.940. The van der Waals surface area contributed by atoms with Gasteiger partial charge in [-0.25, -0.2) is 4.79 Å². The Kier molecular flexibility index (Phi) is 4.04. The van der Waals surface area contributed by atoms with E-state index in [9.17, 15) is 4.79 Å². The molecule has 0 spiro atoms. The van der Waals surface area contributed by atoms with Crippen LogP contribution in [0.25, 0.3) is 0 Å². The molecule has 0 atom stereocenters. The highest BCUT2D eigenvalue weighted by Gasteiger charge is 2.24. The molecule has 0 heterocycles. The first-order chi connectivity index (χ1) is 7.45. The predicted molar refractivity (Wildman–Crippen MR) is 64.0 cm³/mol. The maximum atomic E-state index is 11.1. The summed E-state index contributed by atoms with van der Waals surface area (Å²) in [6, 6.07) is 0. The summed E-state index contributed by atoms with van der Waals surface area (Å²) in [5, 5.41) is 9.35. The SMILES string of the molecule is COc1c(Cl)c(C)c(C(=O)O)c(OC)c1Br. The summed E-state index contributed by atoms with van der Waals surface area (Å²) in [7, 11) is 2.84. The second kappa shape index (κ2) is 4.93. The van der Waals surface area contributed by atoms with Crippen molar-refractivity contribution in [3.63, 3.8) is 0 Å². The minimum atomic E-state index is -1.10. The highest BCUT2D eigenvalue weighted by molar-refractivity contribution is 9.10. The van der Waals surface area contributed by atoms with E-state index in [1.165, 1.54) is 14.2 Å². The maximum Gasteiger partial charge on any atom is 0.339 e. The Morgan fingerprint density at radius 2 is 1.81 bits per heavy atom. The zero-order chi connectivity index (χ0) is 12.5. The molecule has 4 nitrogen and oxygen atoms in total. The topological polar surface area (TPSA) is 55.8 Å². The van der Waals surface area contributed by atoms with Gasteiger partial charge in [-0.3, -0.25) is 0 Å². The lowest BCUT2D eigenvalue weighted by Gasteiger charge is -2.15. The molecule has 0 saturated carbocycles. The van der Waals surface area contributed by atoms with Crippen LogP contribution in [-0.2, 0) is 0 Å². The van der Waals surface area contributed by atoms with Crippen LogP contribution in [0.2, 0.25) is 5.02 Å². The summed E-state index contributed by atoms with van der Waals surface area (Å²) in [6.45, 7) is 1.60. The third-order valence-electron chi connectivity index (χ3n) is 2.15. The van der Waals surface area contributed by atoms with Gasteiger partial charge < -0.3 is 14.6 Å². The van der Waals surface area contributed by atoms with Crippen molar-refractivity contribution < 1.29 is 19.4 Å². The van der Waals surface area contributed by atoms with Crippen molar-refractivity contribution in [1.29, 1.82) is 0 Å². The van der Waals surface area contributed by atoms with Crippen LogP contribution in [0.5, 0.6) is 11.5 Å². The van der Waals surface area contributed by atoms with Gasteiger partial charge in [-0.1, -0.05) is 11.6 Å². The van der Waals surface area contributed by atoms with Gasteiger partial charge in [0.05, 0.1) is 19.2 Å². The lowest BCUT2D eigenvalue weighted by atomic mass is 10.1. The molecule has 0 aliphatic heterocycles. The van der Waals surface area contributed by atoms with Crippen LogP contribution in [0.1, 0.15) is 15.9 Å². The number of carboxylic acids is 1. The Balaban J connectivity index is 3.70. The molecule has 0 fully saturated rings. The zero-order valence-corrected chi connectivity index (χ0v) is 11.3. The maximum absolute atomic E-state index is 11.1. The summed E-state index contributed by atoms with van der Waals surface area (Å²) < 4.78 is 10.5. The number of aromatic carboxylic acids is 1. The van der Waals surface area contributed by atoms with Gasteiger partial charge in [-0.05, 0) is 28.4 Å². The molecule has 1 aromatic rings. The van der Waals surface area contributed by atoms with Crippen LogP contribution in [0.15, 0.2) is 4.47 Å². The molecular weight excluding hydrogens is 299 g/mol.